The van der Waals surface area contributed by atoms with E-state index in [1.807, 2.05) is 12.1 Å². The molecular formula is C14H17N5O2. The first-order chi connectivity index (χ1) is 10.1. The number of aromatic nitrogens is 5. The van der Waals surface area contributed by atoms with Crippen molar-refractivity contribution < 1.29 is 9.90 Å². The van der Waals surface area contributed by atoms with Crippen molar-refractivity contribution in [2.75, 3.05) is 0 Å². The van der Waals surface area contributed by atoms with Gasteiger partial charge < -0.3 is 5.11 Å². The van der Waals surface area contributed by atoms with Crippen molar-refractivity contribution in [3.63, 3.8) is 0 Å². The number of hydrogen-bond acceptors (Lipinski definition) is 5. The van der Waals surface area contributed by atoms with Gasteiger partial charge in [0.2, 0.25) is 0 Å². The second-order valence-corrected chi connectivity index (χ2v) is 5.65. The van der Waals surface area contributed by atoms with Crippen molar-refractivity contribution in [1.29, 1.82) is 0 Å². The van der Waals surface area contributed by atoms with Crippen LogP contribution in [0, 0.1) is 0 Å². The highest BCUT2D eigenvalue weighted by Gasteiger charge is 2.39. The predicted molar refractivity (Wildman–Crippen MR) is 73.6 cm³/mol. The molecule has 1 atom stereocenters. The number of carboxylic acids is 1. The van der Waals surface area contributed by atoms with E-state index in [0.717, 1.165) is 18.4 Å². The third-order valence-electron chi connectivity index (χ3n) is 3.92. The molecule has 0 amide bonds. The molecule has 2 aromatic rings. The van der Waals surface area contributed by atoms with Gasteiger partial charge in [0.25, 0.3) is 0 Å². The molecule has 0 saturated heterocycles. The van der Waals surface area contributed by atoms with E-state index in [4.69, 9.17) is 0 Å². The molecular weight excluding hydrogens is 270 g/mol. The Kier molecular flexibility index (Phi) is 3.40. The lowest BCUT2D eigenvalue weighted by Crippen LogP contribution is -2.41. The zero-order chi connectivity index (χ0) is 14.9. The van der Waals surface area contributed by atoms with Gasteiger partial charge in [-0.2, -0.15) is 0 Å². The molecule has 1 fully saturated rings. The van der Waals surface area contributed by atoms with Gasteiger partial charge >= 0.3 is 5.97 Å². The van der Waals surface area contributed by atoms with Crippen LogP contribution in [0.25, 0.3) is 0 Å². The molecule has 0 radical (unpaired) electrons. The number of aliphatic carboxylic acids is 1. The van der Waals surface area contributed by atoms with Crippen molar-refractivity contribution in [2.45, 2.75) is 44.1 Å². The maximum absolute atomic E-state index is 11.7. The molecule has 0 spiro atoms. The van der Waals surface area contributed by atoms with Crippen molar-refractivity contribution in [1.82, 2.24) is 25.2 Å². The molecule has 1 N–H and O–H groups in total. The van der Waals surface area contributed by atoms with Gasteiger partial charge in [-0.1, -0.05) is 0 Å². The quantitative estimate of drug-likeness (QED) is 0.862. The van der Waals surface area contributed by atoms with Gasteiger partial charge in [-0.15, -0.1) is 15.0 Å². The van der Waals surface area contributed by atoms with Gasteiger partial charge in [0, 0.05) is 18.3 Å². The Balaban J connectivity index is 1.79. The summed E-state index contributed by atoms with van der Waals surface area (Å²) in [6.07, 6.45) is 6.54. The largest absolute Gasteiger partial charge is 0.479 e. The van der Waals surface area contributed by atoms with Gasteiger partial charge in [-0.05, 0) is 55.5 Å². The summed E-state index contributed by atoms with van der Waals surface area (Å²) in [7, 11) is 0. The lowest BCUT2D eigenvalue weighted by Gasteiger charge is -2.23. The van der Waals surface area contributed by atoms with E-state index in [1.165, 1.54) is 4.80 Å². The van der Waals surface area contributed by atoms with Gasteiger partial charge in [0.15, 0.2) is 11.4 Å². The van der Waals surface area contributed by atoms with E-state index in [-0.39, 0.29) is 0 Å². The minimum atomic E-state index is -1.19. The summed E-state index contributed by atoms with van der Waals surface area (Å²) >= 11 is 0. The molecule has 1 aliphatic carbocycles. The molecule has 7 nitrogen and oxygen atoms in total. The molecule has 1 saturated carbocycles. The Labute approximate surface area is 122 Å². The number of nitrogens with zero attached hydrogens (tertiary/aromatic N) is 5. The predicted octanol–water partition coefficient (Wildman–Crippen LogP) is 1.38. The van der Waals surface area contributed by atoms with Crippen LogP contribution in [0.2, 0.25) is 0 Å². The van der Waals surface area contributed by atoms with Crippen molar-refractivity contribution in [2.24, 2.45) is 0 Å². The Morgan fingerprint density at radius 1 is 1.43 bits per heavy atom. The summed E-state index contributed by atoms with van der Waals surface area (Å²) in [6, 6.07) is 3.76. The van der Waals surface area contributed by atoms with Crippen LogP contribution in [0.5, 0.6) is 0 Å². The van der Waals surface area contributed by atoms with Crippen molar-refractivity contribution >= 4 is 5.97 Å². The molecule has 0 aliphatic heterocycles. The fraction of sp³-hybridized carbons (Fsp3) is 0.500. The summed E-state index contributed by atoms with van der Waals surface area (Å²) in [6.45, 7) is 1.63. The first-order valence-electron chi connectivity index (χ1n) is 7.02. The number of carboxylic acid groups (broad SMARTS) is 1. The average Bonchev–Trinajstić information content (AvgIpc) is 3.23. The first kappa shape index (κ1) is 13.7. The number of carbonyl (C=O) groups is 1. The van der Waals surface area contributed by atoms with Crippen LogP contribution in [0.15, 0.2) is 24.5 Å². The summed E-state index contributed by atoms with van der Waals surface area (Å²) in [5.74, 6) is 0.0691. The molecule has 0 bridgehead atoms. The van der Waals surface area contributed by atoms with Gasteiger partial charge in [0.1, 0.15) is 0 Å². The van der Waals surface area contributed by atoms with E-state index in [0.29, 0.717) is 24.6 Å². The maximum Gasteiger partial charge on any atom is 0.333 e. The van der Waals surface area contributed by atoms with Crippen molar-refractivity contribution in [3.05, 3.63) is 35.9 Å². The van der Waals surface area contributed by atoms with Crippen LogP contribution in [-0.4, -0.2) is 36.3 Å². The lowest BCUT2D eigenvalue weighted by atomic mass is 9.94. The fourth-order valence-electron chi connectivity index (χ4n) is 2.17. The summed E-state index contributed by atoms with van der Waals surface area (Å²) in [5, 5.41) is 21.8. The molecule has 0 aromatic carbocycles. The maximum atomic E-state index is 11.7. The van der Waals surface area contributed by atoms with Gasteiger partial charge in [-0.25, -0.2) is 4.79 Å². The summed E-state index contributed by atoms with van der Waals surface area (Å²) < 4.78 is 0. The van der Waals surface area contributed by atoms with E-state index < -0.39 is 11.5 Å². The molecule has 3 rings (SSSR count). The zero-order valence-electron chi connectivity index (χ0n) is 11.8. The molecule has 21 heavy (non-hydrogen) atoms. The second-order valence-electron chi connectivity index (χ2n) is 5.65. The molecule has 2 aromatic heterocycles. The van der Waals surface area contributed by atoms with Gasteiger partial charge in [-0.3, -0.25) is 4.98 Å². The number of rotatable bonds is 6. The molecule has 1 aliphatic rings. The SMILES string of the molecule is CC(CCc1ccncc1)(C(=O)O)n1nnc(C2CC2)n1. The van der Waals surface area contributed by atoms with E-state index in [9.17, 15) is 9.90 Å². The first-order valence-corrected chi connectivity index (χ1v) is 7.02. The third-order valence-corrected chi connectivity index (χ3v) is 3.92. The minimum Gasteiger partial charge on any atom is -0.479 e. The van der Waals surface area contributed by atoms with Crippen LogP contribution in [0.3, 0.4) is 0 Å². The number of pyridine rings is 1. The topological polar surface area (TPSA) is 93.8 Å². The zero-order valence-corrected chi connectivity index (χ0v) is 11.8. The lowest BCUT2D eigenvalue weighted by molar-refractivity contribution is -0.148. The van der Waals surface area contributed by atoms with Crippen LogP contribution >= 0.6 is 0 Å². The smallest absolute Gasteiger partial charge is 0.333 e. The van der Waals surface area contributed by atoms with E-state index in [2.05, 4.69) is 20.4 Å². The minimum absolute atomic E-state index is 0.358. The fourth-order valence-corrected chi connectivity index (χ4v) is 2.17. The molecule has 2 heterocycles. The Hall–Kier alpha value is -2.31. The Morgan fingerprint density at radius 3 is 2.76 bits per heavy atom. The highest BCUT2D eigenvalue weighted by Crippen LogP contribution is 2.37. The monoisotopic (exact) mass is 287 g/mol. The average molecular weight is 287 g/mol. The standard InChI is InChI=1S/C14H17N5O2/c1-14(13(20)21,7-4-10-5-8-15-9-6-10)19-17-12(16-18-19)11-2-3-11/h5-6,8-9,11H,2-4,7H2,1H3,(H,20,21). The van der Waals surface area contributed by atoms with Gasteiger partial charge in [0.05, 0.1) is 0 Å². The molecule has 110 valence electrons. The number of aryl methyl sites for hydroxylation is 1. The summed E-state index contributed by atoms with van der Waals surface area (Å²) in [5.41, 5.74) is -0.149. The number of hydrogen-bond donors (Lipinski definition) is 1. The molecule has 1 unspecified atom stereocenters. The Bertz CT molecular complexity index is 638. The number of tetrazole rings is 1. The summed E-state index contributed by atoms with van der Waals surface area (Å²) in [4.78, 5) is 16.9. The van der Waals surface area contributed by atoms with Crippen LogP contribution < -0.4 is 0 Å². The highest BCUT2D eigenvalue weighted by atomic mass is 16.4. The normalized spacial score (nSPS) is 17.4. The van der Waals surface area contributed by atoms with Crippen LogP contribution in [-0.2, 0) is 16.8 Å². The van der Waals surface area contributed by atoms with E-state index >= 15 is 0 Å². The second kappa shape index (κ2) is 5.23. The molecule has 7 heteroatoms. The van der Waals surface area contributed by atoms with E-state index in [1.54, 1.807) is 19.3 Å². The van der Waals surface area contributed by atoms with Crippen molar-refractivity contribution in [3.8, 4) is 0 Å². The van der Waals surface area contributed by atoms with Crippen LogP contribution in [0.4, 0.5) is 0 Å². The Morgan fingerprint density at radius 2 is 2.14 bits per heavy atom. The highest BCUT2D eigenvalue weighted by molar-refractivity contribution is 5.75. The van der Waals surface area contributed by atoms with Crippen LogP contribution in [0.1, 0.15) is 43.5 Å². The third kappa shape index (κ3) is 2.76.